The van der Waals surface area contributed by atoms with Crippen molar-refractivity contribution in [1.82, 2.24) is 14.6 Å². The second-order valence-corrected chi connectivity index (χ2v) is 6.60. The van der Waals surface area contributed by atoms with Crippen LogP contribution in [0.3, 0.4) is 0 Å². The molecule has 0 saturated heterocycles. The third kappa shape index (κ3) is 3.55. The normalized spacial score (nSPS) is 10.8. The highest BCUT2D eigenvalue weighted by Crippen LogP contribution is 2.24. The Morgan fingerprint density at radius 1 is 1.42 bits per heavy atom. The van der Waals surface area contributed by atoms with E-state index >= 15 is 0 Å². The summed E-state index contributed by atoms with van der Waals surface area (Å²) in [6.45, 7) is 1.61. The summed E-state index contributed by atoms with van der Waals surface area (Å²) in [5.74, 6) is -0.908. The smallest absolute Gasteiger partial charge is 0.345 e. The van der Waals surface area contributed by atoms with Crippen LogP contribution in [0.25, 0.3) is 4.96 Å². The highest BCUT2D eigenvalue weighted by atomic mass is 35.5. The van der Waals surface area contributed by atoms with E-state index in [-0.39, 0.29) is 22.9 Å². The lowest BCUT2D eigenvalue weighted by atomic mass is 10.2. The van der Waals surface area contributed by atoms with Crippen LogP contribution in [-0.2, 0) is 17.8 Å². The lowest BCUT2D eigenvalue weighted by Gasteiger charge is -2.05. The molecule has 0 aliphatic carbocycles. The molecule has 2 aromatic heterocycles. The monoisotopic (exact) mass is 394 g/mol. The molecule has 1 aromatic carbocycles. The maximum Gasteiger partial charge on any atom is 0.345 e. The summed E-state index contributed by atoms with van der Waals surface area (Å²) in [6.07, 6.45) is 0.665. The molecule has 26 heavy (non-hydrogen) atoms. The van der Waals surface area contributed by atoms with Gasteiger partial charge in [-0.3, -0.25) is 14.9 Å². The number of nitrogens with zero attached hydrogens (tertiary/aromatic N) is 4. The highest BCUT2D eigenvalue weighted by molar-refractivity contribution is 7.16. The Hall–Kier alpha value is -2.85. The first kappa shape index (κ1) is 18.0. The number of fused-ring (bicyclic) bond motifs is 1. The van der Waals surface area contributed by atoms with E-state index in [1.807, 2.05) is 6.92 Å². The number of nitro benzene ring substituents is 1. The summed E-state index contributed by atoms with van der Waals surface area (Å²) in [7, 11) is 0. The molecular weight excluding hydrogens is 384 g/mol. The van der Waals surface area contributed by atoms with Crippen LogP contribution in [0.4, 0.5) is 5.69 Å². The summed E-state index contributed by atoms with van der Waals surface area (Å²) in [6, 6.07) is 4.84. The Morgan fingerprint density at radius 2 is 2.19 bits per heavy atom. The lowest BCUT2D eigenvalue weighted by molar-refractivity contribution is -0.385. The predicted octanol–water partition coefficient (Wildman–Crippen LogP) is 2.63. The molecule has 0 fully saturated rings. The molecule has 3 aromatic rings. The zero-order valence-corrected chi connectivity index (χ0v) is 14.9. The van der Waals surface area contributed by atoms with Gasteiger partial charge in [0.1, 0.15) is 17.2 Å². The second-order valence-electron chi connectivity index (χ2n) is 5.12. The van der Waals surface area contributed by atoms with Crippen molar-refractivity contribution < 1.29 is 14.5 Å². The number of carbonyl (C=O) groups excluding carboxylic acids is 1. The topological polar surface area (TPSA) is 117 Å². The Kier molecular flexibility index (Phi) is 4.96. The van der Waals surface area contributed by atoms with Crippen LogP contribution in [0.2, 0.25) is 5.02 Å². The largest absolute Gasteiger partial charge is 0.455 e. The number of hydrogen-bond donors (Lipinski definition) is 0. The maximum absolute atomic E-state index is 12.2. The number of benzene rings is 1. The fourth-order valence-electron chi connectivity index (χ4n) is 2.16. The fraction of sp³-hybridized carbons (Fsp3) is 0.200. The lowest BCUT2D eigenvalue weighted by Crippen LogP contribution is -2.17. The summed E-state index contributed by atoms with van der Waals surface area (Å²) in [5.41, 5.74) is -0.856. The van der Waals surface area contributed by atoms with E-state index < -0.39 is 22.1 Å². The first-order valence-corrected chi connectivity index (χ1v) is 8.58. The quantitative estimate of drug-likeness (QED) is 0.371. The van der Waals surface area contributed by atoms with Crippen molar-refractivity contribution in [3.63, 3.8) is 0 Å². The van der Waals surface area contributed by atoms with Gasteiger partial charge in [0.25, 0.3) is 11.2 Å². The van der Waals surface area contributed by atoms with E-state index in [9.17, 15) is 19.7 Å². The molecule has 0 aliphatic heterocycles. The van der Waals surface area contributed by atoms with Crippen molar-refractivity contribution in [1.29, 1.82) is 0 Å². The van der Waals surface area contributed by atoms with Gasteiger partial charge in [0, 0.05) is 17.2 Å². The number of esters is 1. The number of aromatic nitrogens is 3. The van der Waals surface area contributed by atoms with Crippen LogP contribution in [0.15, 0.2) is 29.1 Å². The molecule has 0 atom stereocenters. The van der Waals surface area contributed by atoms with Crippen molar-refractivity contribution in [2.24, 2.45) is 0 Å². The molecule has 0 bridgehead atoms. The average Bonchev–Trinajstić information content (AvgIpc) is 3.03. The van der Waals surface area contributed by atoms with Crippen molar-refractivity contribution in [2.45, 2.75) is 20.0 Å². The van der Waals surface area contributed by atoms with Gasteiger partial charge in [-0.25, -0.2) is 9.78 Å². The summed E-state index contributed by atoms with van der Waals surface area (Å²) < 4.78 is 6.25. The zero-order chi connectivity index (χ0) is 18.8. The van der Waals surface area contributed by atoms with E-state index in [1.54, 1.807) is 0 Å². The van der Waals surface area contributed by atoms with Crippen LogP contribution in [-0.4, -0.2) is 25.5 Å². The molecule has 0 unspecified atom stereocenters. The van der Waals surface area contributed by atoms with E-state index in [4.69, 9.17) is 16.3 Å². The Bertz CT molecular complexity index is 1080. The molecule has 11 heteroatoms. The number of nitro groups is 1. The van der Waals surface area contributed by atoms with Gasteiger partial charge in [0.15, 0.2) is 0 Å². The minimum absolute atomic E-state index is 0.130. The minimum atomic E-state index is -0.908. The molecule has 0 spiro atoms. The van der Waals surface area contributed by atoms with Gasteiger partial charge in [0.05, 0.1) is 10.6 Å². The number of ether oxygens (including phenoxy) is 1. The summed E-state index contributed by atoms with van der Waals surface area (Å²) in [5, 5.41) is 16.1. The SMILES string of the molecule is CCc1nn2c(=O)cc(COC(=O)c3ccc(Cl)cc3[N+](=O)[O-])nc2s1. The number of halogens is 1. The molecular formula is C15H11ClN4O5S. The second kappa shape index (κ2) is 7.18. The van der Waals surface area contributed by atoms with Crippen molar-refractivity contribution in [3.05, 3.63) is 66.0 Å². The molecule has 2 heterocycles. The molecule has 0 saturated carbocycles. The van der Waals surface area contributed by atoms with E-state index in [1.165, 1.54) is 34.1 Å². The van der Waals surface area contributed by atoms with Gasteiger partial charge in [-0.2, -0.15) is 9.61 Å². The Balaban J connectivity index is 1.83. The molecule has 9 nitrogen and oxygen atoms in total. The average molecular weight is 395 g/mol. The standard InChI is InChI=1S/C15H11ClN4O5S/c1-2-12-18-19-13(21)6-9(17-15(19)26-12)7-25-14(22)10-4-3-8(16)5-11(10)20(23)24/h3-6H,2,7H2,1H3. The fourth-order valence-corrected chi connectivity index (χ4v) is 3.18. The Morgan fingerprint density at radius 3 is 2.88 bits per heavy atom. The molecule has 0 radical (unpaired) electrons. The molecule has 134 valence electrons. The van der Waals surface area contributed by atoms with E-state index in [0.29, 0.717) is 11.4 Å². The van der Waals surface area contributed by atoms with Gasteiger partial charge < -0.3 is 4.74 Å². The van der Waals surface area contributed by atoms with Crippen molar-refractivity contribution in [2.75, 3.05) is 0 Å². The molecule has 3 rings (SSSR count). The third-order valence-corrected chi connectivity index (χ3v) is 4.66. The zero-order valence-electron chi connectivity index (χ0n) is 13.3. The Labute approximate surface area is 155 Å². The summed E-state index contributed by atoms with van der Waals surface area (Å²) >= 11 is 6.98. The van der Waals surface area contributed by atoms with Crippen LogP contribution in [0.5, 0.6) is 0 Å². The van der Waals surface area contributed by atoms with Gasteiger partial charge >= 0.3 is 5.97 Å². The summed E-state index contributed by atoms with van der Waals surface area (Å²) in [4.78, 5) is 39.2. The number of aryl methyl sites for hydroxylation is 1. The number of hydrogen-bond acceptors (Lipinski definition) is 8. The minimum Gasteiger partial charge on any atom is -0.455 e. The highest BCUT2D eigenvalue weighted by Gasteiger charge is 2.22. The first-order valence-electron chi connectivity index (χ1n) is 7.38. The maximum atomic E-state index is 12.2. The van der Waals surface area contributed by atoms with Crippen molar-refractivity contribution >= 4 is 39.6 Å². The first-order chi connectivity index (χ1) is 12.4. The van der Waals surface area contributed by atoms with Gasteiger partial charge in [-0.15, -0.1) is 0 Å². The predicted molar refractivity (Wildman–Crippen MR) is 93.7 cm³/mol. The van der Waals surface area contributed by atoms with Crippen molar-refractivity contribution in [3.8, 4) is 0 Å². The van der Waals surface area contributed by atoms with E-state index in [2.05, 4.69) is 10.1 Å². The molecule has 0 amide bonds. The van der Waals surface area contributed by atoms with Crippen LogP contribution in [0.1, 0.15) is 28.0 Å². The number of rotatable bonds is 5. The van der Waals surface area contributed by atoms with Gasteiger partial charge in [-0.1, -0.05) is 29.9 Å². The van der Waals surface area contributed by atoms with E-state index in [0.717, 1.165) is 11.1 Å². The molecule has 0 aliphatic rings. The number of carbonyl (C=O) groups is 1. The molecule has 0 N–H and O–H groups in total. The van der Waals surface area contributed by atoms with Crippen LogP contribution < -0.4 is 5.56 Å². The third-order valence-electron chi connectivity index (χ3n) is 3.37. The van der Waals surface area contributed by atoms with Gasteiger partial charge in [-0.05, 0) is 18.6 Å². The van der Waals surface area contributed by atoms with Gasteiger partial charge in [0.2, 0.25) is 4.96 Å². The van der Waals surface area contributed by atoms with Crippen LogP contribution in [0, 0.1) is 10.1 Å². The van der Waals surface area contributed by atoms with Crippen LogP contribution >= 0.6 is 22.9 Å².